The topological polar surface area (TPSA) is 75.5 Å². The minimum atomic E-state index is -0.817. The van der Waals surface area contributed by atoms with E-state index in [0.717, 1.165) is 16.0 Å². The summed E-state index contributed by atoms with van der Waals surface area (Å²) < 4.78 is 5.39. The lowest BCUT2D eigenvalue weighted by Crippen LogP contribution is -2.43. The van der Waals surface area contributed by atoms with Crippen LogP contribution in [0, 0.1) is 12.8 Å². The third kappa shape index (κ3) is 2.47. The summed E-state index contributed by atoms with van der Waals surface area (Å²) in [6, 6.07) is 1.87. The smallest absolute Gasteiger partial charge is 0.311 e. The van der Waals surface area contributed by atoms with Gasteiger partial charge in [0.1, 0.15) is 22.9 Å². The average molecular weight is 307 g/mol. The van der Waals surface area contributed by atoms with Gasteiger partial charge in [0.05, 0.1) is 24.6 Å². The summed E-state index contributed by atoms with van der Waals surface area (Å²) in [5, 5.41) is 10.3. The summed E-state index contributed by atoms with van der Waals surface area (Å²) in [5.74, 6) is -0.536. The Hall–Kier alpha value is -1.73. The van der Waals surface area contributed by atoms with E-state index in [1.807, 2.05) is 18.7 Å². The Kier molecular flexibility index (Phi) is 3.77. The Morgan fingerprint density at radius 2 is 2.33 bits per heavy atom. The number of thiophene rings is 1. The van der Waals surface area contributed by atoms with Crippen LogP contribution in [-0.2, 0) is 9.53 Å². The normalized spacial score (nSPS) is 21.8. The van der Waals surface area contributed by atoms with Gasteiger partial charge in [-0.1, -0.05) is 0 Å². The summed E-state index contributed by atoms with van der Waals surface area (Å²) in [7, 11) is 0. The molecule has 0 spiro atoms. The molecule has 6 nitrogen and oxygen atoms in total. The summed E-state index contributed by atoms with van der Waals surface area (Å²) in [6.45, 7) is 5.39. The zero-order valence-electron chi connectivity index (χ0n) is 11.9. The maximum Gasteiger partial charge on any atom is 0.311 e. The van der Waals surface area contributed by atoms with E-state index in [2.05, 4.69) is 16.0 Å². The van der Waals surface area contributed by atoms with Gasteiger partial charge < -0.3 is 14.7 Å². The second-order valence-corrected chi connectivity index (χ2v) is 6.34. The molecule has 3 heterocycles. The molecule has 7 heteroatoms. The zero-order chi connectivity index (χ0) is 15.0. The number of aliphatic carboxylic acids is 1. The minimum absolute atomic E-state index is 0.189. The number of carboxylic acids is 1. The first kappa shape index (κ1) is 14.2. The van der Waals surface area contributed by atoms with Crippen molar-refractivity contribution >= 4 is 33.3 Å². The quantitative estimate of drug-likeness (QED) is 0.930. The van der Waals surface area contributed by atoms with E-state index in [1.165, 1.54) is 4.88 Å². The predicted molar refractivity (Wildman–Crippen MR) is 80.9 cm³/mol. The number of aryl methyl sites for hydroxylation is 1. The molecule has 2 aromatic heterocycles. The van der Waals surface area contributed by atoms with Crippen LogP contribution in [0.25, 0.3) is 10.2 Å². The summed E-state index contributed by atoms with van der Waals surface area (Å²) in [5.41, 5.74) is 0. The fourth-order valence-corrected chi connectivity index (χ4v) is 3.66. The van der Waals surface area contributed by atoms with Crippen LogP contribution in [-0.4, -0.2) is 46.8 Å². The molecule has 112 valence electrons. The average Bonchev–Trinajstić information content (AvgIpc) is 3.05. The van der Waals surface area contributed by atoms with Crippen molar-refractivity contribution in [2.45, 2.75) is 19.9 Å². The zero-order valence-corrected chi connectivity index (χ0v) is 12.8. The van der Waals surface area contributed by atoms with E-state index < -0.39 is 11.9 Å². The van der Waals surface area contributed by atoms with Gasteiger partial charge in [-0.2, -0.15) is 0 Å². The van der Waals surface area contributed by atoms with Crippen LogP contribution in [0.3, 0.4) is 0 Å². The summed E-state index contributed by atoms with van der Waals surface area (Å²) in [4.78, 5) is 24.2. The molecule has 0 radical (unpaired) electrons. The molecule has 1 N–H and O–H groups in total. The third-order valence-corrected chi connectivity index (χ3v) is 4.77. The van der Waals surface area contributed by atoms with E-state index in [1.54, 1.807) is 17.7 Å². The van der Waals surface area contributed by atoms with Crippen LogP contribution < -0.4 is 4.90 Å². The van der Waals surface area contributed by atoms with Gasteiger partial charge in [-0.25, -0.2) is 9.97 Å². The number of hydrogen-bond donors (Lipinski definition) is 1. The molecule has 1 saturated heterocycles. The van der Waals surface area contributed by atoms with Gasteiger partial charge in [0, 0.05) is 11.4 Å². The van der Waals surface area contributed by atoms with Crippen molar-refractivity contribution in [1.82, 2.24) is 9.97 Å². The van der Waals surface area contributed by atoms with Gasteiger partial charge in [-0.05, 0) is 19.9 Å². The SMILES string of the molecule is CCN(c1ncnc2sc(C)cc12)C1COCC1C(=O)O. The van der Waals surface area contributed by atoms with Crippen molar-refractivity contribution in [1.29, 1.82) is 0 Å². The second-order valence-electron chi connectivity index (χ2n) is 5.11. The highest BCUT2D eigenvalue weighted by molar-refractivity contribution is 7.18. The Bertz CT molecular complexity index is 673. The number of nitrogens with zero attached hydrogens (tertiary/aromatic N) is 3. The van der Waals surface area contributed by atoms with E-state index in [9.17, 15) is 9.90 Å². The number of hydrogen-bond acceptors (Lipinski definition) is 6. The largest absolute Gasteiger partial charge is 0.481 e. The highest BCUT2D eigenvalue weighted by Crippen LogP contribution is 2.33. The molecule has 1 aliphatic heterocycles. The molecule has 1 fully saturated rings. The van der Waals surface area contributed by atoms with E-state index in [-0.39, 0.29) is 12.6 Å². The molecule has 0 amide bonds. The van der Waals surface area contributed by atoms with Crippen molar-refractivity contribution in [2.75, 3.05) is 24.7 Å². The minimum Gasteiger partial charge on any atom is -0.481 e. The molecular weight excluding hydrogens is 290 g/mol. The molecule has 2 aromatic rings. The fourth-order valence-electron chi connectivity index (χ4n) is 2.82. The fraction of sp³-hybridized carbons (Fsp3) is 0.500. The van der Waals surface area contributed by atoms with Crippen molar-refractivity contribution in [3.05, 3.63) is 17.3 Å². The lowest BCUT2D eigenvalue weighted by molar-refractivity contribution is -0.141. The number of fused-ring (bicyclic) bond motifs is 1. The van der Waals surface area contributed by atoms with Crippen LogP contribution in [0.1, 0.15) is 11.8 Å². The predicted octanol–water partition coefficient (Wildman–Crippen LogP) is 1.93. The van der Waals surface area contributed by atoms with Crippen LogP contribution in [0.4, 0.5) is 5.82 Å². The number of aromatic nitrogens is 2. The van der Waals surface area contributed by atoms with Gasteiger partial charge in [-0.3, -0.25) is 4.79 Å². The van der Waals surface area contributed by atoms with Crippen molar-refractivity contribution in [2.24, 2.45) is 5.92 Å². The highest BCUT2D eigenvalue weighted by Gasteiger charge is 2.38. The van der Waals surface area contributed by atoms with Crippen molar-refractivity contribution < 1.29 is 14.6 Å². The number of anilines is 1. The Morgan fingerprint density at radius 3 is 3.05 bits per heavy atom. The van der Waals surface area contributed by atoms with Gasteiger partial charge in [0.15, 0.2) is 0 Å². The highest BCUT2D eigenvalue weighted by atomic mass is 32.1. The molecule has 2 atom stereocenters. The molecule has 0 saturated carbocycles. The molecular formula is C14H17N3O3S. The monoisotopic (exact) mass is 307 g/mol. The van der Waals surface area contributed by atoms with Crippen LogP contribution in [0.2, 0.25) is 0 Å². The number of ether oxygens (including phenoxy) is 1. The molecule has 2 unspecified atom stereocenters. The lowest BCUT2D eigenvalue weighted by atomic mass is 10.0. The third-order valence-electron chi connectivity index (χ3n) is 3.81. The number of carboxylic acid groups (broad SMARTS) is 1. The second kappa shape index (κ2) is 5.57. The molecule has 0 aromatic carbocycles. The van der Waals surface area contributed by atoms with E-state index in [4.69, 9.17) is 4.74 Å². The van der Waals surface area contributed by atoms with Crippen LogP contribution in [0.15, 0.2) is 12.4 Å². The molecule has 21 heavy (non-hydrogen) atoms. The standard InChI is InChI=1S/C14H17N3O3S/c1-3-17(11-6-20-5-10(11)14(18)19)12-9-4-8(2)21-13(9)16-7-15-12/h4,7,10-11H,3,5-6H2,1-2H3,(H,18,19). The van der Waals surface area contributed by atoms with Crippen LogP contribution >= 0.6 is 11.3 Å². The maximum atomic E-state index is 11.4. The van der Waals surface area contributed by atoms with Gasteiger partial charge in [0.2, 0.25) is 0 Å². The van der Waals surface area contributed by atoms with Crippen LogP contribution in [0.5, 0.6) is 0 Å². The van der Waals surface area contributed by atoms with E-state index >= 15 is 0 Å². The molecule has 3 rings (SSSR count). The summed E-state index contributed by atoms with van der Waals surface area (Å²) >= 11 is 1.62. The number of rotatable bonds is 4. The molecule has 1 aliphatic rings. The first-order chi connectivity index (χ1) is 10.1. The van der Waals surface area contributed by atoms with Crippen molar-refractivity contribution in [3.8, 4) is 0 Å². The first-order valence-electron chi connectivity index (χ1n) is 6.90. The molecule has 0 aliphatic carbocycles. The van der Waals surface area contributed by atoms with Gasteiger partial charge in [0.25, 0.3) is 0 Å². The lowest BCUT2D eigenvalue weighted by Gasteiger charge is -2.30. The van der Waals surface area contributed by atoms with Crippen molar-refractivity contribution in [3.63, 3.8) is 0 Å². The maximum absolute atomic E-state index is 11.4. The van der Waals surface area contributed by atoms with Gasteiger partial charge in [-0.15, -0.1) is 11.3 Å². The Balaban J connectivity index is 2.04. The van der Waals surface area contributed by atoms with E-state index in [0.29, 0.717) is 13.2 Å². The number of carbonyl (C=O) groups is 1. The first-order valence-corrected chi connectivity index (χ1v) is 7.71. The summed E-state index contributed by atoms with van der Waals surface area (Å²) in [6.07, 6.45) is 1.54. The number of likely N-dealkylation sites (N-methyl/N-ethyl adjacent to an activating group) is 1. The Morgan fingerprint density at radius 1 is 1.52 bits per heavy atom. The molecule has 0 bridgehead atoms. The Labute approximate surface area is 126 Å². The van der Waals surface area contributed by atoms with Gasteiger partial charge >= 0.3 is 5.97 Å².